The second-order valence-corrected chi connectivity index (χ2v) is 3.85. The SMILES string of the molecule is C[C@H](C(=O)O)n1cnnc1.C[C@H](C(=O)O)n1cnnc1. The number of rotatable bonds is 4. The smallest absolute Gasteiger partial charge is 0.326 e. The van der Waals surface area contributed by atoms with Crippen LogP contribution in [-0.2, 0) is 9.59 Å². The summed E-state index contributed by atoms with van der Waals surface area (Å²) in [6.45, 7) is 3.12. The van der Waals surface area contributed by atoms with Gasteiger partial charge in [0.05, 0.1) is 0 Å². The Labute approximate surface area is 113 Å². The van der Waals surface area contributed by atoms with Crippen molar-refractivity contribution in [1.29, 1.82) is 0 Å². The average Bonchev–Trinajstić information content (AvgIpc) is 3.10. The van der Waals surface area contributed by atoms with E-state index in [1.165, 1.54) is 34.4 Å². The maximum absolute atomic E-state index is 10.3. The van der Waals surface area contributed by atoms with E-state index in [0.717, 1.165) is 0 Å². The molecule has 0 aliphatic heterocycles. The summed E-state index contributed by atoms with van der Waals surface area (Å²) in [6.07, 6.45) is 5.50. The lowest BCUT2D eigenvalue weighted by atomic mass is 10.3. The summed E-state index contributed by atoms with van der Waals surface area (Å²) in [4.78, 5) is 20.6. The molecule has 2 rings (SSSR count). The van der Waals surface area contributed by atoms with Crippen molar-refractivity contribution in [3.05, 3.63) is 25.3 Å². The molecule has 2 aromatic rings. The minimum atomic E-state index is -0.889. The molecule has 0 aliphatic rings. The van der Waals surface area contributed by atoms with Crippen LogP contribution < -0.4 is 0 Å². The van der Waals surface area contributed by atoms with Crippen LogP contribution in [0.4, 0.5) is 0 Å². The Balaban J connectivity index is 0.000000200. The maximum Gasteiger partial charge on any atom is 0.326 e. The maximum atomic E-state index is 10.3. The van der Waals surface area contributed by atoms with Crippen LogP contribution in [0, 0.1) is 0 Å². The first-order valence-corrected chi connectivity index (χ1v) is 5.57. The van der Waals surface area contributed by atoms with Gasteiger partial charge in [-0.3, -0.25) is 0 Å². The van der Waals surface area contributed by atoms with Crippen molar-refractivity contribution in [3.8, 4) is 0 Å². The zero-order valence-electron chi connectivity index (χ0n) is 10.9. The van der Waals surface area contributed by atoms with Gasteiger partial charge in [0.2, 0.25) is 0 Å². The van der Waals surface area contributed by atoms with E-state index in [0.29, 0.717) is 0 Å². The van der Waals surface area contributed by atoms with Crippen LogP contribution in [0.25, 0.3) is 0 Å². The summed E-state index contributed by atoms with van der Waals surface area (Å²) in [6, 6.07) is -1.18. The van der Waals surface area contributed by atoms with E-state index in [2.05, 4.69) is 20.4 Å². The number of aliphatic carboxylic acids is 2. The summed E-state index contributed by atoms with van der Waals surface area (Å²) in [5.41, 5.74) is 0. The predicted molar refractivity (Wildman–Crippen MR) is 64.7 cm³/mol. The van der Waals surface area contributed by atoms with Crippen molar-refractivity contribution in [2.45, 2.75) is 25.9 Å². The van der Waals surface area contributed by atoms with Crippen molar-refractivity contribution >= 4 is 11.9 Å². The van der Waals surface area contributed by atoms with Crippen LogP contribution in [0.2, 0.25) is 0 Å². The molecule has 108 valence electrons. The van der Waals surface area contributed by atoms with Gasteiger partial charge in [-0.15, -0.1) is 20.4 Å². The van der Waals surface area contributed by atoms with Crippen molar-refractivity contribution in [2.24, 2.45) is 0 Å². The number of aromatic nitrogens is 6. The molecule has 0 saturated heterocycles. The second kappa shape index (κ2) is 6.97. The number of hydrogen-bond acceptors (Lipinski definition) is 6. The van der Waals surface area contributed by atoms with E-state index in [1.807, 2.05) is 0 Å². The largest absolute Gasteiger partial charge is 0.480 e. The van der Waals surface area contributed by atoms with Crippen LogP contribution >= 0.6 is 0 Å². The molecular formula is C10H14N6O4. The van der Waals surface area contributed by atoms with E-state index in [9.17, 15) is 9.59 Å². The lowest BCUT2D eigenvalue weighted by molar-refractivity contribution is -0.141. The fourth-order valence-corrected chi connectivity index (χ4v) is 1.07. The highest BCUT2D eigenvalue weighted by Gasteiger charge is 2.11. The van der Waals surface area contributed by atoms with Gasteiger partial charge < -0.3 is 19.3 Å². The standard InChI is InChI=1S/2C5H7N3O2/c2*1-4(5(9)10)8-2-6-7-3-8/h2*2-4H,1H3,(H,9,10)/t2*4-/m11/s1. The molecule has 10 heteroatoms. The summed E-state index contributed by atoms with van der Waals surface area (Å²) in [5, 5.41) is 30.9. The van der Waals surface area contributed by atoms with E-state index < -0.39 is 24.0 Å². The number of carbonyl (C=O) groups is 2. The Kier molecular flexibility index (Phi) is 5.32. The first kappa shape index (κ1) is 15.3. The number of hydrogen-bond donors (Lipinski definition) is 2. The van der Waals surface area contributed by atoms with Crippen LogP contribution in [0.5, 0.6) is 0 Å². The lowest BCUT2D eigenvalue weighted by Gasteiger charge is -2.03. The molecule has 2 aromatic heterocycles. The summed E-state index contributed by atoms with van der Waals surface area (Å²) < 4.78 is 2.84. The fraction of sp³-hybridized carbons (Fsp3) is 0.400. The second-order valence-electron chi connectivity index (χ2n) is 3.85. The van der Waals surface area contributed by atoms with Crippen LogP contribution in [-0.4, -0.2) is 51.7 Å². The number of carboxylic acid groups (broad SMARTS) is 2. The monoisotopic (exact) mass is 282 g/mol. The highest BCUT2D eigenvalue weighted by atomic mass is 16.4. The zero-order valence-corrected chi connectivity index (χ0v) is 10.9. The van der Waals surface area contributed by atoms with Gasteiger partial charge in [0.1, 0.15) is 37.4 Å². The Morgan fingerprint density at radius 3 is 1.25 bits per heavy atom. The van der Waals surface area contributed by atoms with Crippen molar-refractivity contribution in [1.82, 2.24) is 29.5 Å². The Morgan fingerprint density at radius 1 is 0.800 bits per heavy atom. The minimum Gasteiger partial charge on any atom is -0.480 e. The quantitative estimate of drug-likeness (QED) is 0.789. The van der Waals surface area contributed by atoms with Gasteiger partial charge in [-0.25, -0.2) is 9.59 Å². The third kappa shape index (κ3) is 4.15. The van der Waals surface area contributed by atoms with E-state index in [4.69, 9.17) is 10.2 Å². The summed E-state index contributed by atoms with van der Waals surface area (Å²) in [5.74, 6) is -1.78. The molecule has 2 N–H and O–H groups in total. The van der Waals surface area contributed by atoms with Gasteiger partial charge in [0, 0.05) is 0 Å². The Bertz CT molecular complexity index is 488. The van der Waals surface area contributed by atoms with E-state index in [1.54, 1.807) is 13.8 Å². The molecule has 0 saturated carbocycles. The molecule has 0 spiro atoms. The molecule has 0 fully saturated rings. The molecule has 0 unspecified atom stereocenters. The fourth-order valence-electron chi connectivity index (χ4n) is 1.07. The van der Waals surface area contributed by atoms with Gasteiger partial charge >= 0.3 is 11.9 Å². The van der Waals surface area contributed by atoms with Gasteiger partial charge in [-0.1, -0.05) is 0 Å². The third-order valence-electron chi connectivity index (χ3n) is 2.48. The minimum absolute atomic E-state index is 0.588. The molecule has 10 nitrogen and oxygen atoms in total. The molecule has 0 aromatic carbocycles. The first-order chi connectivity index (χ1) is 9.43. The molecule has 2 atom stereocenters. The van der Waals surface area contributed by atoms with Crippen LogP contribution in [0.1, 0.15) is 25.9 Å². The zero-order chi connectivity index (χ0) is 15.1. The first-order valence-electron chi connectivity index (χ1n) is 5.57. The molecule has 0 radical (unpaired) electrons. The topological polar surface area (TPSA) is 136 Å². The highest BCUT2D eigenvalue weighted by Crippen LogP contribution is 2.02. The van der Waals surface area contributed by atoms with Crippen LogP contribution in [0.3, 0.4) is 0 Å². The lowest BCUT2D eigenvalue weighted by Crippen LogP contribution is -2.13. The van der Waals surface area contributed by atoms with E-state index >= 15 is 0 Å². The average molecular weight is 282 g/mol. The predicted octanol–water partition coefficient (Wildman–Crippen LogP) is -0.153. The summed E-state index contributed by atoms with van der Waals surface area (Å²) in [7, 11) is 0. The molecule has 20 heavy (non-hydrogen) atoms. The van der Waals surface area contributed by atoms with Gasteiger partial charge in [-0.2, -0.15) is 0 Å². The van der Waals surface area contributed by atoms with Crippen LogP contribution in [0.15, 0.2) is 25.3 Å². The highest BCUT2D eigenvalue weighted by molar-refractivity contribution is 5.71. The normalized spacial score (nSPS) is 12.9. The molecule has 0 aliphatic carbocycles. The molecule has 0 amide bonds. The summed E-state index contributed by atoms with van der Waals surface area (Å²) >= 11 is 0. The van der Waals surface area contributed by atoms with Gasteiger partial charge in [0.25, 0.3) is 0 Å². The van der Waals surface area contributed by atoms with Gasteiger partial charge in [-0.05, 0) is 13.8 Å². The Morgan fingerprint density at radius 2 is 1.05 bits per heavy atom. The van der Waals surface area contributed by atoms with Crippen molar-refractivity contribution in [3.63, 3.8) is 0 Å². The number of nitrogens with zero attached hydrogens (tertiary/aromatic N) is 6. The Hall–Kier alpha value is -2.78. The number of carboxylic acids is 2. The van der Waals surface area contributed by atoms with Crippen molar-refractivity contribution < 1.29 is 19.8 Å². The molecule has 0 bridgehead atoms. The van der Waals surface area contributed by atoms with Crippen molar-refractivity contribution in [2.75, 3.05) is 0 Å². The molecular weight excluding hydrogens is 268 g/mol. The van der Waals surface area contributed by atoms with E-state index in [-0.39, 0.29) is 0 Å². The third-order valence-corrected chi connectivity index (χ3v) is 2.48. The molecule has 2 heterocycles. The van der Waals surface area contributed by atoms with Gasteiger partial charge in [0.15, 0.2) is 0 Å².